The van der Waals surface area contributed by atoms with Crippen LogP contribution in [0.4, 0.5) is 11.6 Å². The second-order valence-electron chi connectivity index (χ2n) is 5.65. The first-order valence-electron chi connectivity index (χ1n) is 7.53. The first kappa shape index (κ1) is 15.1. The number of nitrogens with one attached hydrogen (secondary N) is 1. The average Bonchev–Trinajstić information content (AvgIpc) is 2.93. The molecule has 3 aromatic heterocycles. The van der Waals surface area contributed by atoms with Gasteiger partial charge < -0.3 is 5.32 Å². The molecule has 0 aliphatic carbocycles. The lowest BCUT2D eigenvalue weighted by Gasteiger charge is -2.07. The normalized spacial score (nSPS) is 10.8. The Kier molecular flexibility index (Phi) is 3.82. The Labute approximate surface area is 135 Å². The van der Waals surface area contributed by atoms with Crippen LogP contribution in [0.15, 0.2) is 29.4 Å². The molecular weight excluding hydrogens is 288 g/mol. The van der Waals surface area contributed by atoms with Gasteiger partial charge in [-0.05, 0) is 45.9 Å². The summed E-state index contributed by atoms with van der Waals surface area (Å²) in [5.74, 6) is 0.601. The maximum atomic E-state index is 4.71. The fourth-order valence-electron chi connectivity index (χ4n) is 2.58. The van der Waals surface area contributed by atoms with Gasteiger partial charge in [0.15, 0.2) is 0 Å². The Morgan fingerprint density at radius 3 is 2.52 bits per heavy atom. The van der Waals surface area contributed by atoms with E-state index in [1.165, 1.54) is 0 Å². The van der Waals surface area contributed by atoms with E-state index in [0.717, 1.165) is 39.6 Å². The third-order valence-electron chi connectivity index (χ3n) is 3.59. The molecule has 0 spiro atoms. The van der Waals surface area contributed by atoms with E-state index < -0.39 is 0 Å². The van der Waals surface area contributed by atoms with E-state index in [2.05, 4.69) is 20.4 Å². The minimum atomic E-state index is 0.601. The van der Waals surface area contributed by atoms with Crippen LogP contribution in [-0.4, -0.2) is 32.3 Å². The third-order valence-corrected chi connectivity index (χ3v) is 3.59. The molecule has 23 heavy (non-hydrogen) atoms. The minimum Gasteiger partial charge on any atom is -0.356 e. The quantitative estimate of drug-likeness (QED) is 0.751. The lowest BCUT2D eigenvalue weighted by molar-refractivity contribution is 0.894. The lowest BCUT2D eigenvalue weighted by Crippen LogP contribution is -2.03. The minimum absolute atomic E-state index is 0.601. The largest absolute Gasteiger partial charge is 0.356 e. The molecule has 6 nitrogen and oxygen atoms in total. The average molecular weight is 308 g/mol. The van der Waals surface area contributed by atoms with Crippen LogP contribution in [0, 0.1) is 13.8 Å². The number of rotatable bonds is 3. The van der Waals surface area contributed by atoms with Crippen molar-refractivity contribution in [3.8, 4) is 11.3 Å². The summed E-state index contributed by atoms with van der Waals surface area (Å²) in [4.78, 5) is 13.7. The predicted octanol–water partition coefficient (Wildman–Crippen LogP) is 3.56. The van der Waals surface area contributed by atoms with Gasteiger partial charge in [-0.15, -0.1) is 5.10 Å². The van der Waals surface area contributed by atoms with Gasteiger partial charge in [-0.1, -0.05) is 0 Å². The van der Waals surface area contributed by atoms with Crippen molar-refractivity contribution < 1.29 is 0 Å². The molecule has 0 saturated carbocycles. The number of aliphatic imine (C=N–C) groups is 1. The van der Waals surface area contributed by atoms with Crippen LogP contribution >= 0.6 is 0 Å². The van der Waals surface area contributed by atoms with Crippen molar-refractivity contribution in [3.05, 3.63) is 35.8 Å². The van der Waals surface area contributed by atoms with Crippen LogP contribution in [0.25, 0.3) is 16.8 Å². The summed E-state index contributed by atoms with van der Waals surface area (Å²) < 4.78 is 1.84. The van der Waals surface area contributed by atoms with E-state index in [4.69, 9.17) is 4.98 Å². The van der Waals surface area contributed by atoms with Gasteiger partial charge in [0.2, 0.25) is 5.95 Å². The predicted molar refractivity (Wildman–Crippen MR) is 93.7 cm³/mol. The zero-order chi connectivity index (χ0) is 16.6. The van der Waals surface area contributed by atoms with Crippen molar-refractivity contribution in [1.82, 2.24) is 19.6 Å². The number of pyridine rings is 1. The monoisotopic (exact) mass is 308 g/mol. The molecule has 3 aromatic rings. The zero-order valence-electron chi connectivity index (χ0n) is 14.0. The summed E-state index contributed by atoms with van der Waals surface area (Å²) in [7, 11) is 1.81. The van der Waals surface area contributed by atoms with Crippen molar-refractivity contribution in [2.24, 2.45) is 4.99 Å². The van der Waals surface area contributed by atoms with Gasteiger partial charge in [0.1, 0.15) is 0 Å². The van der Waals surface area contributed by atoms with E-state index in [1.54, 1.807) is 0 Å². The second-order valence-corrected chi connectivity index (χ2v) is 5.65. The van der Waals surface area contributed by atoms with E-state index in [-0.39, 0.29) is 0 Å². The smallest absolute Gasteiger partial charge is 0.240 e. The molecule has 0 amide bonds. The van der Waals surface area contributed by atoms with Gasteiger partial charge in [0.25, 0.3) is 0 Å². The van der Waals surface area contributed by atoms with Crippen LogP contribution in [0.3, 0.4) is 0 Å². The molecular formula is C17H20N6. The van der Waals surface area contributed by atoms with Gasteiger partial charge in [-0.3, -0.25) is 9.98 Å². The highest BCUT2D eigenvalue weighted by Gasteiger charge is 2.13. The lowest BCUT2D eigenvalue weighted by atomic mass is 10.1. The molecule has 0 atom stereocenters. The standard InChI is InChI=1S/C17H20N6/c1-10(2)19-14-6-7-15(20-11(14)3)13-8-9-23-16(13)12(4)21-17(18-5)22-23/h6-9H,1-5H3,(H,18,22). The molecule has 3 heterocycles. The molecule has 6 heteroatoms. The summed E-state index contributed by atoms with van der Waals surface area (Å²) in [5, 5.41) is 7.40. The van der Waals surface area contributed by atoms with Crippen LogP contribution in [0.5, 0.6) is 0 Å². The van der Waals surface area contributed by atoms with Crippen LogP contribution in [0.1, 0.15) is 25.2 Å². The number of nitrogens with zero attached hydrogens (tertiary/aromatic N) is 5. The number of hydrogen-bond acceptors (Lipinski definition) is 5. The van der Waals surface area contributed by atoms with Crippen molar-refractivity contribution in [1.29, 1.82) is 0 Å². The molecule has 3 rings (SSSR count). The number of aromatic nitrogens is 4. The summed E-state index contributed by atoms with van der Waals surface area (Å²) in [6.45, 7) is 7.92. The maximum absolute atomic E-state index is 4.71. The topological polar surface area (TPSA) is 67.5 Å². The van der Waals surface area contributed by atoms with Gasteiger partial charge in [0.05, 0.1) is 28.3 Å². The Hall–Kier alpha value is -2.76. The Morgan fingerprint density at radius 1 is 1.09 bits per heavy atom. The molecule has 0 radical (unpaired) electrons. The Morgan fingerprint density at radius 2 is 1.87 bits per heavy atom. The van der Waals surface area contributed by atoms with Crippen LogP contribution in [-0.2, 0) is 0 Å². The molecule has 0 bridgehead atoms. The Balaban J connectivity index is 2.14. The molecule has 0 unspecified atom stereocenters. The first-order chi connectivity index (χ1) is 11.0. The van der Waals surface area contributed by atoms with Gasteiger partial charge in [-0.2, -0.15) is 0 Å². The van der Waals surface area contributed by atoms with Gasteiger partial charge in [-0.25, -0.2) is 9.50 Å². The number of fused-ring (bicyclic) bond motifs is 1. The fourth-order valence-corrected chi connectivity index (χ4v) is 2.58. The molecule has 1 N–H and O–H groups in total. The summed E-state index contributed by atoms with van der Waals surface area (Å²) in [6, 6.07) is 6.02. The molecule has 0 aromatic carbocycles. The van der Waals surface area contributed by atoms with E-state index >= 15 is 0 Å². The third kappa shape index (κ3) is 2.79. The van der Waals surface area contributed by atoms with E-state index in [9.17, 15) is 0 Å². The molecule has 0 saturated heterocycles. The highest BCUT2D eigenvalue weighted by Crippen LogP contribution is 2.28. The highest BCUT2D eigenvalue weighted by molar-refractivity contribution is 5.83. The van der Waals surface area contributed by atoms with Crippen molar-refractivity contribution in [2.45, 2.75) is 27.7 Å². The molecule has 0 aliphatic rings. The number of anilines is 1. The first-order valence-corrected chi connectivity index (χ1v) is 7.53. The maximum Gasteiger partial charge on any atom is 0.240 e. The molecule has 118 valence electrons. The summed E-state index contributed by atoms with van der Waals surface area (Å²) in [6.07, 6.45) is 1.93. The van der Waals surface area contributed by atoms with Crippen molar-refractivity contribution in [3.63, 3.8) is 0 Å². The van der Waals surface area contributed by atoms with E-state index in [1.807, 2.05) is 63.7 Å². The number of aryl methyl sites for hydroxylation is 2. The second kappa shape index (κ2) is 5.79. The summed E-state index contributed by atoms with van der Waals surface area (Å²) in [5.41, 5.74) is 6.64. The van der Waals surface area contributed by atoms with Crippen molar-refractivity contribution >= 4 is 22.9 Å². The molecule has 0 fully saturated rings. The Bertz CT molecular complexity index is 903. The van der Waals surface area contributed by atoms with Crippen molar-refractivity contribution in [2.75, 3.05) is 12.4 Å². The van der Waals surface area contributed by atoms with Gasteiger partial charge in [0, 0.05) is 24.5 Å². The zero-order valence-corrected chi connectivity index (χ0v) is 14.0. The summed E-state index contributed by atoms with van der Waals surface area (Å²) >= 11 is 0. The van der Waals surface area contributed by atoms with Crippen LogP contribution in [0.2, 0.25) is 0 Å². The van der Waals surface area contributed by atoms with Crippen LogP contribution < -0.4 is 5.32 Å². The SMILES string of the molecule is CNc1nc(C)c2c(-c3ccc(N=C(C)C)c(C)n3)ccn2n1. The number of hydrogen-bond donors (Lipinski definition) is 1. The van der Waals surface area contributed by atoms with Gasteiger partial charge >= 0.3 is 0 Å². The highest BCUT2D eigenvalue weighted by atomic mass is 15.3. The molecule has 0 aliphatic heterocycles. The fraction of sp³-hybridized carbons (Fsp3) is 0.294. The van der Waals surface area contributed by atoms with E-state index in [0.29, 0.717) is 5.95 Å².